The standard InChI is InChI=1S/C14H15ClOS/c1-8-4-5-11(6-9(8)2)13(16)12-7-10(3)14(15)17-12/h4-7,13,16H,1-3H3. The Hall–Kier alpha value is -0.830. The summed E-state index contributed by atoms with van der Waals surface area (Å²) < 4.78 is 0.753. The maximum absolute atomic E-state index is 10.3. The predicted octanol–water partition coefficient (Wildman–Crippen LogP) is 4.41. The average molecular weight is 267 g/mol. The number of halogens is 1. The molecule has 1 aromatic carbocycles. The van der Waals surface area contributed by atoms with Gasteiger partial charge in [0.15, 0.2) is 0 Å². The van der Waals surface area contributed by atoms with Gasteiger partial charge in [-0.25, -0.2) is 0 Å². The Morgan fingerprint density at radius 1 is 1.06 bits per heavy atom. The van der Waals surface area contributed by atoms with Crippen LogP contribution in [0.1, 0.15) is 33.2 Å². The Morgan fingerprint density at radius 3 is 2.29 bits per heavy atom. The van der Waals surface area contributed by atoms with Gasteiger partial charge >= 0.3 is 0 Å². The largest absolute Gasteiger partial charge is 0.383 e. The van der Waals surface area contributed by atoms with Crippen molar-refractivity contribution in [3.63, 3.8) is 0 Å². The van der Waals surface area contributed by atoms with Gasteiger partial charge in [-0.1, -0.05) is 29.8 Å². The molecule has 3 heteroatoms. The van der Waals surface area contributed by atoms with Gasteiger partial charge in [-0.15, -0.1) is 11.3 Å². The number of aliphatic hydroxyl groups is 1. The average Bonchev–Trinajstić information content (AvgIpc) is 2.62. The minimum absolute atomic E-state index is 0.578. The van der Waals surface area contributed by atoms with Crippen molar-refractivity contribution < 1.29 is 5.11 Å². The van der Waals surface area contributed by atoms with Gasteiger partial charge in [0.05, 0.1) is 4.34 Å². The monoisotopic (exact) mass is 266 g/mol. The van der Waals surface area contributed by atoms with Crippen LogP contribution in [0.3, 0.4) is 0 Å². The first kappa shape index (κ1) is 12.6. The fourth-order valence-electron chi connectivity index (χ4n) is 1.72. The fourth-order valence-corrected chi connectivity index (χ4v) is 2.95. The van der Waals surface area contributed by atoms with E-state index in [1.807, 2.05) is 31.2 Å². The molecule has 1 heterocycles. The smallest absolute Gasteiger partial charge is 0.113 e. The molecule has 0 saturated carbocycles. The van der Waals surface area contributed by atoms with E-state index in [9.17, 15) is 5.11 Å². The minimum atomic E-state index is -0.578. The number of thiophene rings is 1. The van der Waals surface area contributed by atoms with Crippen molar-refractivity contribution in [3.8, 4) is 0 Å². The van der Waals surface area contributed by atoms with Crippen LogP contribution in [0.15, 0.2) is 24.3 Å². The molecule has 0 aliphatic rings. The van der Waals surface area contributed by atoms with Crippen LogP contribution in [0.2, 0.25) is 4.34 Å². The lowest BCUT2D eigenvalue weighted by Crippen LogP contribution is -1.98. The van der Waals surface area contributed by atoms with Gasteiger partial charge in [-0.3, -0.25) is 0 Å². The molecular formula is C14H15ClOS. The topological polar surface area (TPSA) is 20.2 Å². The number of benzene rings is 1. The molecule has 1 atom stereocenters. The molecule has 1 aromatic heterocycles. The summed E-state index contributed by atoms with van der Waals surface area (Å²) in [4.78, 5) is 0.899. The zero-order valence-electron chi connectivity index (χ0n) is 10.1. The van der Waals surface area contributed by atoms with E-state index < -0.39 is 6.10 Å². The fraction of sp³-hybridized carbons (Fsp3) is 0.286. The van der Waals surface area contributed by atoms with Crippen LogP contribution in [0.25, 0.3) is 0 Å². The highest BCUT2D eigenvalue weighted by Crippen LogP contribution is 2.34. The SMILES string of the molecule is Cc1ccc(C(O)c2cc(C)c(Cl)s2)cc1C. The van der Waals surface area contributed by atoms with Gasteiger partial charge in [0.25, 0.3) is 0 Å². The Bertz CT molecular complexity index is 526. The molecule has 0 fully saturated rings. The first-order chi connectivity index (χ1) is 7.99. The molecule has 0 saturated heterocycles. The lowest BCUT2D eigenvalue weighted by atomic mass is 10.0. The van der Waals surface area contributed by atoms with Crippen LogP contribution in [0.5, 0.6) is 0 Å². The van der Waals surface area contributed by atoms with Crippen LogP contribution in [0.4, 0.5) is 0 Å². The minimum Gasteiger partial charge on any atom is -0.383 e. The van der Waals surface area contributed by atoms with Crippen LogP contribution >= 0.6 is 22.9 Å². The molecule has 1 N–H and O–H groups in total. The van der Waals surface area contributed by atoms with Gasteiger partial charge in [-0.05, 0) is 49.1 Å². The van der Waals surface area contributed by atoms with E-state index >= 15 is 0 Å². The van der Waals surface area contributed by atoms with E-state index in [4.69, 9.17) is 11.6 Å². The summed E-state index contributed by atoms with van der Waals surface area (Å²) in [5.74, 6) is 0. The van der Waals surface area contributed by atoms with Crippen LogP contribution in [-0.4, -0.2) is 5.11 Å². The zero-order valence-corrected chi connectivity index (χ0v) is 11.7. The summed E-state index contributed by atoms with van der Waals surface area (Å²) >= 11 is 7.47. The molecule has 0 spiro atoms. The third kappa shape index (κ3) is 2.54. The lowest BCUT2D eigenvalue weighted by molar-refractivity contribution is 0.224. The summed E-state index contributed by atoms with van der Waals surface area (Å²) in [7, 11) is 0. The summed E-state index contributed by atoms with van der Waals surface area (Å²) in [5.41, 5.74) is 4.38. The van der Waals surface area contributed by atoms with Gasteiger partial charge in [0, 0.05) is 4.88 Å². The van der Waals surface area contributed by atoms with Gasteiger partial charge in [-0.2, -0.15) is 0 Å². The van der Waals surface area contributed by atoms with E-state index in [2.05, 4.69) is 13.8 Å². The van der Waals surface area contributed by atoms with Gasteiger partial charge in [0.2, 0.25) is 0 Å². The Labute approximate surface area is 111 Å². The number of hydrogen-bond donors (Lipinski definition) is 1. The first-order valence-corrected chi connectivity index (χ1v) is 6.69. The summed E-state index contributed by atoms with van der Waals surface area (Å²) in [6, 6.07) is 7.99. The van der Waals surface area contributed by atoms with E-state index in [-0.39, 0.29) is 0 Å². The predicted molar refractivity (Wildman–Crippen MR) is 74.0 cm³/mol. The van der Waals surface area contributed by atoms with E-state index in [0.29, 0.717) is 0 Å². The van der Waals surface area contributed by atoms with Crippen LogP contribution < -0.4 is 0 Å². The molecule has 17 heavy (non-hydrogen) atoms. The van der Waals surface area contributed by atoms with Crippen molar-refractivity contribution in [2.24, 2.45) is 0 Å². The number of aliphatic hydroxyl groups excluding tert-OH is 1. The van der Waals surface area contributed by atoms with Crippen molar-refractivity contribution in [3.05, 3.63) is 55.7 Å². The van der Waals surface area contributed by atoms with Crippen molar-refractivity contribution in [1.82, 2.24) is 0 Å². The highest BCUT2D eigenvalue weighted by atomic mass is 35.5. The second kappa shape index (κ2) is 4.81. The van der Waals surface area contributed by atoms with E-state index in [1.54, 1.807) is 0 Å². The molecule has 1 unspecified atom stereocenters. The maximum Gasteiger partial charge on any atom is 0.113 e. The molecule has 0 amide bonds. The van der Waals surface area contributed by atoms with E-state index in [1.165, 1.54) is 22.5 Å². The highest BCUT2D eigenvalue weighted by molar-refractivity contribution is 7.16. The number of aryl methyl sites for hydroxylation is 3. The Balaban J connectivity index is 2.36. The lowest BCUT2D eigenvalue weighted by Gasteiger charge is -2.10. The molecule has 0 bridgehead atoms. The Kier molecular flexibility index (Phi) is 3.57. The second-order valence-corrected chi connectivity index (χ2v) is 6.04. The van der Waals surface area contributed by atoms with Crippen LogP contribution in [-0.2, 0) is 0 Å². The van der Waals surface area contributed by atoms with E-state index in [0.717, 1.165) is 20.3 Å². The van der Waals surface area contributed by atoms with Crippen molar-refractivity contribution >= 4 is 22.9 Å². The van der Waals surface area contributed by atoms with Crippen LogP contribution in [0, 0.1) is 20.8 Å². The van der Waals surface area contributed by atoms with Gasteiger partial charge < -0.3 is 5.11 Å². The number of rotatable bonds is 2. The third-order valence-corrected chi connectivity index (χ3v) is 4.60. The molecule has 0 aliphatic carbocycles. The second-order valence-electron chi connectivity index (χ2n) is 4.35. The van der Waals surface area contributed by atoms with Crippen molar-refractivity contribution in [2.45, 2.75) is 26.9 Å². The molecule has 0 radical (unpaired) electrons. The molecule has 0 aliphatic heterocycles. The maximum atomic E-state index is 10.3. The summed E-state index contributed by atoms with van der Waals surface area (Å²) in [6.45, 7) is 6.07. The first-order valence-electron chi connectivity index (χ1n) is 5.50. The third-order valence-electron chi connectivity index (χ3n) is 2.99. The molecule has 1 nitrogen and oxygen atoms in total. The zero-order chi connectivity index (χ0) is 12.6. The quantitative estimate of drug-likeness (QED) is 0.854. The molecular weight excluding hydrogens is 252 g/mol. The van der Waals surface area contributed by atoms with Crippen molar-refractivity contribution in [1.29, 1.82) is 0 Å². The Morgan fingerprint density at radius 2 is 1.76 bits per heavy atom. The molecule has 90 valence electrons. The number of hydrogen-bond acceptors (Lipinski definition) is 2. The normalized spacial score (nSPS) is 12.8. The van der Waals surface area contributed by atoms with Gasteiger partial charge in [0.1, 0.15) is 6.10 Å². The summed E-state index contributed by atoms with van der Waals surface area (Å²) in [5, 5.41) is 10.3. The van der Waals surface area contributed by atoms with Crippen molar-refractivity contribution in [2.75, 3.05) is 0 Å². The highest BCUT2D eigenvalue weighted by Gasteiger charge is 2.15. The summed E-state index contributed by atoms with van der Waals surface area (Å²) in [6.07, 6.45) is -0.578. The molecule has 2 rings (SSSR count). The molecule has 2 aromatic rings.